The fraction of sp³-hybridized carbons (Fsp3) is 0.722. The van der Waals surface area contributed by atoms with Gasteiger partial charge in [0.05, 0.1) is 0 Å². The lowest BCUT2D eigenvalue weighted by Gasteiger charge is -2.56. The number of hydrogen-bond donors (Lipinski definition) is 0. The van der Waals surface area contributed by atoms with Gasteiger partial charge in [0.15, 0.2) is 0 Å². The molecule has 258 valence electrons. The molecule has 0 saturated heterocycles. The number of hydrogen-bond acceptors (Lipinski definition) is 8. The summed E-state index contributed by atoms with van der Waals surface area (Å²) in [4.78, 5) is 0. The topological polar surface area (TPSA) is 133 Å². The van der Waals surface area contributed by atoms with E-state index in [1.807, 2.05) is 0 Å². The summed E-state index contributed by atoms with van der Waals surface area (Å²) in [6.45, 7) is 16.7. The monoisotopic (exact) mass is 676 g/mol. The molecule has 0 radical (unpaired) electrons. The van der Waals surface area contributed by atoms with Gasteiger partial charge in [0.2, 0.25) is 0 Å². The van der Waals surface area contributed by atoms with Gasteiger partial charge in [-0.05, 0) is 128 Å². The molecule has 5 rings (SSSR count). The van der Waals surface area contributed by atoms with Gasteiger partial charge in [-0.25, -0.2) is 16.8 Å². The Hall–Kier alpha value is -1.88. The summed E-state index contributed by atoms with van der Waals surface area (Å²) in [7, 11) is -10.2. The highest BCUT2D eigenvalue weighted by Crippen LogP contribution is 2.62. The highest BCUT2D eigenvalue weighted by atomic mass is 32.3. The molecule has 0 bridgehead atoms. The second kappa shape index (κ2) is 12.2. The zero-order valence-electron chi connectivity index (χ0n) is 28.6. The lowest BCUT2D eigenvalue weighted by molar-refractivity contribution is 0.0437. The summed E-state index contributed by atoms with van der Waals surface area (Å²) in [6, 6.07) is 3.62. The van der Waals surface area contributed by atoms with Crippen molar-refractivity contribution < 1.29 is 34.3 Å². The molecular formula is C36H52O8S2-2. The minimum Gasteiger partial charge on any atom is -0.716 e. The van der Waals surface area contributed by atoms with Crippen LogP contribution in [-0.2, 0) is 27.2 Å². The Bertz CT molecular complexity index is 1610. The van der Waals surface area contributed by atoms with Crippen LogP contribution in [0, 0.1) is 45.3 Å². The van der Waals surface area contributed by atoms with Crippen LogP contribution < -0.4 is 8.37 Å². The predicted molar refractivity (Wildman–Crippen MR) is 177 cm³/mol. The predicted octanol–water partition coefficient (Wildman–Crippen LogP) is 8.27. The zero-order valence-corrected chi connectivity index (χ0v) is 30.2. The molecule has 0 aliphatic heterocycles. The van der Waals surface area contributed by atoms with E-state index in [1.165, 1.54) is 37.0 Å². The van der Waals surface area contributed by atoms with Crippen LogP contribution in [0.2, 0.25) is 0 Å². The van der Waals surface area contributed by atoms with Gasteiger partial charge in [0.1, 0.15) is 11.5 Å². The molecule has 0 spiro atoms. The third-order valence-electron chi connectivity index (χ3n) is 13.2. The van der Waals surface area contributed by atoms with E-state index in [4.69, 9.17) is 4.18 Å². The van der Waals surface area contributed by atoms with Gasteiger partial charge in [0, 0.05) is 5.56 Å². The lowest BCUT2D eigenvalue weighted by Crippen LogP contribution is -2.47. The summed E-state index contributed by atoms with van der Waals surface area (Å²) in [5.74, 6) is 1.27. The van der Waals surface area contributed by atoms with Crippen LogP contribution >= 0.6 is 0 Å². The normalized spacial score (nSPS) is 36.1. The van der Waals surface area contributed by atoms with Crippen LogP contribution in [-0.4, -0.2) is 25.9 Å². The highest BCUT2D eigenvalue weighted by molar-refractivity contribution is 7.81. The Balaban J connectivity index is 1.45. The average Bonchev–Trinajstić information content (AvgIpc) is 2.92. The van der Waals surface area contributed by atoms with E-state index < -0.39 is 20.8 Å². The van der Waals surface area contributed by atoms with Gasteiger partial charge < -0.3 is 17.5 Å². The molecule has 2 saturated carbocycles. The molecule has 4 aliphatic carbocycles. The highest BCUT2D eigenvalue weighted by Gasteiger charge is 2.52. The summed E-state index contributed by atoms with van der Waals surface area (Å²) in [6.07, 6.45) is 16.6. The largest absolute Gasteiger partial charge is 0.716 e. The summed E-state index contributed by atoms with van der Waals surface area (Å²) in [5, 5.41) is 0. The molecule has 46 heavy (non-hydrogen) atoms. The van der Waals surface area contributed by atoms with Crippen molar-refractivity contribution in [3.05, 3.63) is 47.1 Å². The number of allylic oxidation sites excluding steroid dienone is 4. The molecule has 7 atom stereocenters. The molecule has 1 aromatic carbocycles. The van der Waals surface area contributed by atoms with Crippen LogP contribution in [0.4, 0.5) is 0 Å². The first-order chi connectivity index (χ1) is 21.2. The SMILES string of the molecule is C[C@@H]1CC=C2[C@@H](CCC[C@@]2(C)CC[C@@]2(C)C3=CCCC(C)(C)[C@H]3CC[C@@H]2C)[C@]1(C)Cc1cc(OS(=O)(=O)[O-])ccc1OS(=O)(=O)[O-]. The molecular weight excluding hydrogens is 625 g/mol. The minimum absolute atomic E-state index is 0.0179. The molecule has 4 aliphatic rings. The fourth-order valence-electron chi connectivity index (χ4n) is 9.90. The van der Waals surface area contributed by atoms with Crippen molar-refractivity contribution in [2.45, 2.75) is 119 Å². The quantitative estimate of drug-likeness (QED) is 0.145. The number of benzene rings is 1. The fourth-order valence-corrected chi connectivity index (χ4v) is 10.6. The van der Waals surface area contributed by atoms with Crippen molar-refractivity contribution >= 4 is 20.8 Å². The summed E-state index contributed by atoms with van der Waals surface area (Å²) < 4.78 is 78.3. The second-order valence-corrected chi connectivity index (χ2v) is 18.3. The number of rotatable bonds is 9. The Morgan fingerprint density at radius 2 is 1.50 bits per heavy atom. The van der Waals surface area contributed by atoms with Crippen molar-refractivity contribution in [1.82, 2.24) is 0 Å². The van der Waals surface area contributed by atoms with Crippen molar-refractivity contribution in [3.8, 4) is 11.5 Å². The van der Waals surface area contributed by atoms with E-state index in [2.05, 4.69) is 64.8 Å². The average molecular weight is 677 g/mol. The van der Waals surface area contributed by atoms with E-state index in [-0.39, 0.29) is 39.6 Å². The second-order valence-electron chi connectivity index (χ2n) is 16.4. The van der Waals surface area contributed by atoms with E-state index in [1.54, 1.807) is 5.57 Å². The Kier molecular flexibility index (Phi) is 9.41. The van der Waals surface area contributed by atoms with Gasteiger partial charge >= 0.3 is 0 Å². The Morgan fingerprint density at radius 1 is 0.804 bits per heavy atom. The van der Waals surface area contributed by atoms with Crippen LogP contribution in [0.5, 0.6) is 11.5 Å². The van der Waals surface area contributed by atoms with E-state index in [0.717, 1.165) is 51.0 Å². The summed E-state index contributed by atoms with van der Waals surface area (Å²) >= 11 is 0. The van der Waals surface area contributed by atoms with Gasteiger partial charge in [-0.2, -0.15) is 0 Å². The molecule has 0 amide bonds. The maximum atomic E-state index is 11.6. The van der Waals surface area contributed by atoms with Crippen LogP contribution in [0.25, 0.3) is 0 Å². The first-order valence-electron chi connectivity index (χ1n) is 17.0. The molecule has 0 aromatic heterocycles. The molecule has 1 aromatic rings. The van der Waals surface area contributed by atoms with Crippen molar-refractivity contribution in [2.75, 3.05) is 0 Å². The molecule has 8 nitrogen and oxygen atoms in total. The Labute approximate surface area is 277 Å². The maximum absolute atomic E-state index is 11.6. The van der Waals surface area contributed by atoms with Gasteiger partial charge in [-0.3, -0.25) is 0 Å². The van der Waals surface area contributed by atoms with Crippen molar-refractivity contribution in [1.29, 1.82) is 0 Å². The summed E-state index contributed by atoms with van der Waals surface area (Å²) in [5.41, 5.74) is 3.65. The first-order valence-corrected chi connectivity index (χ1v) is 19.7. The van der Waals surface area contributed by atoms with Crippen LogP contribution in [0.15, 0.2) is 41.5 Å². The smallest absolute Gasteiger partial charge is 0.262 e. The standard InChI is InChI=1S/C36H54O8S2/c1-24-12-15-28-30(10-8-18-33(28,3)4)35(24,6)21-20-34(5)19-9-11-31-29(34)16-13-25(2)36(31,7)23-26-22-27(43-45(37,38)39)14-17-32(26)44-46(40,41)42/h10,14,16-17,22,24-25,28,31H,8-9,11-13,15,18-21,23H2,1-7H3,(H,37,38,39)(H,40,41,42)/p-2/t24-,25+,28-,31+,34-,35+,36+/m0/s1. The van der Waals surface area contributed by atoms with Crippen molar-refractivity contribution in [2.24, 2.45) is 45.3 Å². The third-order valence-corrected chi connectivity index (χ3v) is 14.0. The molecule has 0 N–H and O–H groups in total. The molecule has 10 heteroatoms. The number of fused-ring (bicyclic) bond motifs is 2. The molecule has 2 fully saturated rings. The van der Waals surface area contributed by atoms with Gasteiger partial charge in [-0.15, -0.1) is 0 Å². The van der Waals surface area contributed by atoms with Crippen molar-refractivity contribution in [3.63, 3.8) is 0 Å². The van der Waals surface area contributed by atoms with Crippen LogP contribution in [0.3, 0.4) is 0 Å². The third kappa shape index (κ3) is 6.96. The maximum Gasteiger partial charge on any atom is 0.262 e. The van der Waals surface area contributed by atoms with Crippen LogP contribution in [0.1, 0.15) is 118 Å². The van der Waals surface area contributed by atoms with Gasteiger partial charge in [-0.1, -0.05) is 78.2 Å². The van der Waals surface area contributed by atoms with E-state index in [0.29, 0.717) is 29.2 Å². The van der Waals surface area contributed by atoms with E-state index >= 15 is 0 Å². The minimum atomic E-state index is -5.09. The molecule has 0 heterocycles. The first kappa shape index (κ1) is 35.4. The molecule has 0 unspecified atom stereocenters. The lowest BCUT2D eigenvalue weighted by atomic mass is 9.48. The Morgan fingerprint density at radius 3 is 2.17 bits per heavy atom. The van der Waals surface area contributed by atoms with E-state index in [9.17, 15) is 25.9 Å². The zero-order chi connectivity index (χ0) is 33.9. The van der Waals surface area contributed by atoms with Gasteiger partial charge in [0.25, 0.3) is 20.8 Å².